The van der Waals surface area contributed by atoms with Gasteiger partial charge in [-0.1, -0.05) is 41.9 Å². The predicted octanol–water partition coefficient (Wildman–Crippen LogP) is 2.88. The van der Waals surface area contributed by atoms with Crippen molar-refractivity contribution in [2.75, 3.05) is 7.11 Å². The van der Waals surface area contributed by atoms with E-state index in [1.165, 1.54) is 7.11 Å². The van der Waals surface area contributed by atoms with Crippen molar-refractivity contribution >= 4 is 29.3 Å². The fourth-order valence-electron chi connectivity index (χ4n) is 2.11. The molecule has 0 aliphatic carbocycles. The van der Waals surface area contributed by atoms with Crippen LogP contribution in [0.1, 0.15) is 27.1 Å². The van der Waals surface area contributed by atoms with E-state index in [1.54, 1.807) is 54.6 Å². The summed E-state index contributed by atoms with van der Waals surface area (Å²) in [5.74, 6) is -1.41. The van der Waals surface area contributed by atoms with Crippen LogP contribution in [0, 0.1) is 0 Å². The lowest BCUT2D eigenvalue weighted by atomic mass is 10.0. The van der Waals surface area contributed by atoms with E-state index in [0.29, 0.717) is 16.1 Å². The van der Waals surface area contributed by atoms with Gasteiger partial charge in [0.2, 0.25) is 0 Å². The molecule has 0 spiro atoms. The van der Waals surface area contributed by atoms with Crippen molar-refractivity contribution in [2.45, 2.75) is 12.5 Å². The van der Waals surface area contributed by atoms with Crippen LogP contribution in [0.15, 0.2) is 54.6 Å². The first-order valence-corrected chi connectivity index (χ1v) is 7.61. The van der Waals surface area contributed by atoms with Gasteiger partial charge in [-0.25, -0.2) is 0 Å². The van der Waals surface area contributed by atoms with Crippen LogP contribution >= 0.6 is 11.6 Å². The third-order valence-electron chi connectivity index (χ3n) is 3.38. The van der Waals surface area contributed by atoms with E-state index < -0.39 is 17.9 Å². The first-order chi connectivity index (χ1) is 11.5. The molecule has 5 nitrogen and oxygen atoms in total. The first-order valence-electron chi connectivity index (χ1n) is 7.23. The highest BCUT2D eigenvalue weighted by molar-refractivity contribution is 6.30. The minimum Gasteiger partial charge on any atom is -0.469 e. The van der Waals surface area contributed by atoms with Gasteiger partial charge in [-0.2, -0.15) is 0 Å². The summed E-state index contributed by atoms with van der Waals surface area (Å²) in [5, 5.41) is 3.08. The highest BCUT2D eigenvalue weighted by atomic mass is 35.5. The molecule has 2 aromatic rings. The maximum absolute atomic E-state index is 12.6. The zero-order chi connectivity index (χ0) is 17.5. The Morgan fingerprint density at radius 1 is 1.00 bits per heavy atom. The van der Waals surface area contributed by atoms with E-state index >= 15 is 0 Å². The molecule has 0 radical (unpaired) electrons. The van der Waals surface area contributed by atoms with Crippen molar-refractivity contribution in [3.05, 3.63) is 70.7 Å². The van der Waals surface area contributed by atoms with Gasteiger partial charge in [-0.15, -0.1) is 0 Å². The van der Waals surface area contributed by atoms with E-state index in [-0.39, 0.29) is 12.2 Å². The molecule has 2 aromatic carbocycles. The molecule has 0 aliphatic heterocycles. The van der Waals surface area contributed by atoms with Crippen LogP contribution in [-0.4, -0.2) is 30.8 Å². The number of esters is 1. The number of Topliss-reactive ketones (excluding diaryl/α,β-unsaturated/α-hetero) is 1. The summed E-state index contributed by atoms with van der Waals surface area (Å²) >= 11 is 5.79. The highest BCUT2D eigenvalue weighted by Gasteiger charge is 2.25. The summed E-state index contributed by atoms with van der Waals surface area (Å²) in [4.78, 5) is 36.5. The number of carbonyl (C=O) groups excluding carboxylic acids is 3. The zero-order valence-electron chi connectivity index (χ0n) is 13.0. The molecule has 0 aliphatic rings. The number of nitrogens with one attached hydrogen (secondary N) is 1. The van der Waals surface area contributed by atoms with E-state index in [1.807, 2.05) is 0 Å². The minimum atomic E-state index is -1.01. The molecule has 1 N–H and O–H groups in total. The van der Waals surface area contributed by atoms with Crippen LogP contribution in [-0.2, 0) is 9.53 Å². The summed E-state index contributed by atoms with van der Waals surface area (Å²) < 4.78 is 4.61. The summed E-state index contributed by atoms with van der Waals surface area (Å²) in [6, 6.07) is 13.7. The van der Waals surface area contributed by atoms with E-state index in [9.17, 15) is 14.4 Å². The van der Waals surface area contributed by atoms with Crippen molar-refractivity contribution in [2.24, 2.45) is 0 Å². The van der Waals surface area contributed by atoms with Crippen LogP contribution in [0.4, 0.5) is 0 Å². The molecular formula is C18H16ClNO4. The Hall–Kier alpha value is -2.66. The van der Waals surface area contributed by atoms with E-state index in [4.69, 9.17) is 11.6 Å². The third-order valence-corrected chi connectivity index (χ3v) is 3.64. The summed E-state index contributed by atoms with van der Waals surface area (Å²) in [7, 11) is 1.23. The Labute approximate surface area is 144 Å². The van der Waals surface area contributed by atoms with Gasteiger partial charge in [0.15, 0.2) is 5.78 Å². The smallest absolute Gasteiger partial charge is 0.308 e. The van der Waals surface area contributed by atoms with Crippen LogP contribution in [0.5, 0.6) is 0 Å². The fourth-order valence-corrected chi connectivity index (χ4v) is 2.23. The Balaban J connectivity index is 2.19. The Morgan fingerprint density at radius 2 is 1.62 bits per heavy atom. The molecule has 124 valence electrons. The first kappa shape index (κ1) is 17.7. The fraction of sp³-hybridized carbons (Fsp3) is 0.167. The number of amides is 1. The number of halogens is 1. The average molecular weight is 346 g/mol. The van der Waals surface area contributed by atoms with Gasteiger partial charge >= 0.3 is 5.97 Å². The molecule has 0 bridgehead atoms. The van der Waals surface area contributed by atoms with E-state index in [0.717, 1.165) is 0 Å². The molecule has 0 aromatic heterocycles. The molecule has 0 saturated carbocycles. The topological polar surface area (TPSA) is 72.5 Å². The number of methoxy groups -OCH3 is 1. The second-order valence-corrected chi connectivity index (χ2v) is 5.48. The van der Waals surface area contributed by atoms with Crippen molar-refractivity contribution in [3.63, 3.8) is 0 Å². The van der Waals surface area contributed by atoms with Crippen LogP contribution in [0.2, 0.25) is 5.02 Å². The predicted molar refractivity (Wildman–Crippen MR) is 90.1 cm³/mol. The molecule has 24 heavy (non-hydrogen) atoms. The van der Waals surface area contributed by atoms with Crippen molar-refractivity contribution in [1.29, 1.82) is 0 Å². The summed E-state index contributed by atoms with van der Waals surface area (Å²) in [6.45, 7) is 0. The molecule has 0 saturated heterocycles. The molecule has 0 fully saturated rings. The van der Waals surface area contributed by atoms with Crippen molar-refractivity contribution in [1.82, 2.24) is 5.32 Å². The number of benzene rings is 2. The number of ether oxygens (including phenoxy) is 1. The lowest BCUT2D eigenvalue weighted by molar-refractivity contribution is -0.140. The van der Waals surface area contributed by atoms with Gasteiger partial charge < -0.3 is 10.1 Å². The lowest BCUT2D eigenvalue weighted by Gasteiger charge is -2.17. The Morgan fingerprint density at radius 3 is 2.21 bits per heavy atom. The summed E-state index contributed by atoms with van der Waals surface area (Å²) in [5.41, 5.74) is 0.748. The van der Waals surface area contributed by atoms with Crippen LogP contribution < -0.4 is 5.32 Å². The van der Waals surface area contributed by atoms with Gasteiger partial charge in [0.05, 0.1) is 13.5 Å². The second kappa shape index (κ2) is 8.26. The monoisotopic (exact) mass is 345 g/mol. The second-order valence-electron chi connectivity index (χ2n) is 5.04. The summed E-state index contributed by atoms with van der Waals surface area (Å²) in [6.07, 6.45) is -0.246. The standard InChI is InChI=1S/C18H16ClNO4/c1-24-16(21)11-15(17(22)12-5-3-2-4-6-12)20-18(23)13-7-9-14(19)10-8-13/h2-10,15H,11H2,1H3,(H,20,23). The lowest BCUT2D eigenvalue weighted by Crippen LogP contribution is -2.42. The maximum atomic E-state index is 12.6. The molecule has 1 amide bonds. The van der Waals surface area contributed by atoms with Gasteiger partial charge in [-0.05, 0) is 24.3 Å². The largest absolute Gasteiger partial charge is 0.469 e. The minimum absolute atomic E-state index is 0.246. The number of hydrogen-bond acceptors (Lipinski definition) is 4. The SMILES string of the molecule is COC(=O)CC(NC(=O)c1ccc(Cl)cc1)C(=O)c1ccccc1. The maximum Gasteiger partial charge on any atom is 0.308 e. The third kappa shape index (κ3) is 4.67. The number of hydrogen-bond donors (Lipinski definition) is 1. The van der Waals surface area contributed by atoms with Crippen molar-refractivity contribution < 1.29 is 19.1 Å². The van der Waals surface area contributed by atoms with Crippen LogP contribution in [0.25, 0.3) is 0 Å². The van der Waals surface area contributed by atoms with Crippen LogP contribution in [0.3, 0.4) is 0 Å². The molecular weight excluding hydrogens is 330 g/mol. The van der Waals surface area contributed by atoms with Gasteiger partial charge in [0.25, 0.3) is 5.91 Å². The highest BCUT2D eigenvalue weighted by Crippen LogP contribution is 2.12. The number of ketones is 1. The molecule has 0 heterocycles. The Bertz CT molecular complexity index is 728. The number of carbonyl (C=O) groups is 3. The quantitative estimate of drug-likeness (QED) is 0.645. The Kier molecular flexibility index (Phi) is 6.09. The zero-order valence-corrected chi connectivity index (χ0v) is 13.7. The molecule has 1 unspecified atom stereocenters. The van der Waals surface area contributed by atoms with E-state index in [2.05, 4.69) is 10.1 Å². The molecule has 6 heteroatoms. The van der Waals surface area contributed by atoms with Crippen molar-refractivity contribution in [3.8, 4) is 0 Å². The van der Waals surface area contributed by atoms with Gasteiger partial charge in [0, 0.05) is 16.1 Å². The van der Waals surface area contributed by atoms with Gasteiger partial charge in [0.1, 0.15) is 6.04 Å². The normalized spacial score (nSPS) is 11.4. The van der Waals surface area contributed by atoms with Gasteiger partial charge in [-0.3, -0.25) is 14.4 Å². The molecule has 2 rings (SSSR count). The number of rotatable bonds is 6. The average Bonchev–Trinajstić information content (AvgIpc) is 2.61. The molecule has 1 atom stereocenters.